The van der Waals surface area contributed by atoms with Crippen LogP contribution in [0.4, 0.5) is 5.69 Å². The van der Waals surface area contributed by atoms with Crippen LogP contribution in [0.3, 0.4) is 0 Å². The van der Waals surface area contributed by atoms with E-state index in [1.165, 1.54) is 6.07 Å². The van der Waals surface area contributed by atoms with Crippen molar-refractivity contribution < 1.29 is 4.74 Å². The molecular weight excluding hydrogens is 230 g/mol. The molecule has 2 aromatic rings. The Labute approximate surface area is 95.8 Å². The van der Waals surface area contributed by atoms with Gasteiger partial charge < -0.3 is 10.5 Å². The highest BCUT2D eigenvalue weighted by Gasteiger charge is 2.02. The van der Waals surface area contributed by atoms with Crippen molar-refractivity contribution in [1.82, 2.24) is 9.97 Å². The fourth-order valence-electron chi connectivity index (χ4n) is 1.16. The molecule has 1 aromatic heterocycles. The number of nitrogens with two attached hydrogens (primary N) is 1. The molecule has 0 spiro atoms. The molecule has 82 valence electrons. The summed E-state index contributed by atoms with van der Waals surface area (Å²) in [7, 11) is 0. The largest absolute Gasteiger partial charge is 0.439 e. The summed E-state index contributed by atoms with van der Waals surface area (Å²) in [6.07, 6.45) is 0. The van der Waals surface area contributed by atoms with Gasteiger partial charge in [0.2, 0.25) is 5.88 Å². The molecule has 1 heterocycles. The van der Waals surface area contributed by atoms with E-state index in [0.29, 0.717) is 11.4 Å². The summed E-state index contributed by atoms with van der Waals surface area (Å²) >= 11 is 5.65. The fourth-order valence-corrected chi connectivity index (χ4v) is 1.33. The smallest absolute Gasteiger partial charge is 0.349 e. The van der Waals surface area contributed by atoms with Crippen molar-refractivity contribution in [2.45, 2.75) is 0 Å². The standard InChI is InChI=1S/C10H8ClN3O2/c11-8-5-9(14-10(15)13-8)16-7-3-1-2-6(12)4-7/h1-5H,12H2,(H,13,14,15). The number of hydrogen-bond acceptors (Lipinski definition) is 4. The van der Waals surface area contributed by atoms with Crippen LogP contribution in [0, 0.1) is 0 Å². The third-order valence-corrected chi connectivity index (χ3v) is 1.97. The molecule has 1 aromatic carbocycles. The summed E-state index contributed by atoms with van der Waals surface area (Å²) in [5.41, 5.74) is 5.58. The van der Waals surface area contributed by atoms with Crippen molar-refractivity contribution in [3.63, 3.8) is 0 Å². The number of nitrogens with one attached hydrogen (secondary N) is 1. The molecule has 0 saturated carbocycles. The SMILES string of the molecule is Nc1cccc(Oc2cc(Cl)[nH]c(=O)n2)c1. The minimum atomic E-state index is -0.564. The van der Waals surface area contributed by atoms with Crippen LogP contribution in [0.15, 0.2) is 35.1 Å². The molecule has 0 unspecified atom stereocenters. The van der Waals surface area contributed by atoms with Crippen molar-refractivity contribution in [1.29, 1.82) is 0 Å². The lowest BCUT2D eigenvalue weighted by Gasteiger charge is -2.04. The third kappa shape index (κ3) is 2.52. The van der Waals surface area contributed by atoms with Gasteiger partial charge in [0.05, 0.1) is 0 Å². The van der Waals surface area contributed by atoms with Crippen LogP contribution in [0.25, 0.3) is 0 Å². The Morgan fingerprint density at radius 2 is 2.19 bits per heavy atom. The number of aromatic nitrogens is 2. The number of rotatable bonds is 2. The molecule has 3 N–H and O–H groups in total. The molecule has 0 atom stereocenters. The number of nitrogen functional groups attached to an aromatic ring is 1. The van der Waals surface area contributed by atoms with Crippen molar-refractivity contribution in [2.75, 3.05) is 5.73 Å². The van der Waals surface area contributed by atoms with Crippen molar-refractivity contribution in [2.24, 2.45) is 0 Å². The van der Waals surface area contributed by atoms with E-state index in [9.17, 15) is 4.79 Å². The number of H-pyrrole nitrogens is 1. The van der Waals surface area contributed by atoms with Crippen LogP contribution in [0.5, 0.6) is 11.6 Å². The van der Waals surface area contributed by atoms with Gasteiger partial charge in [0.25, 0.3) is 0 Å². The molecule has 6 heteroatoms. The number of aromatic amines is 1. The van der Waals surface area contributed by atoms with Gasteiger partial charge >= 0.3 is 5.69 Å². The number of anilines is 1. The first-order valence-electron chi connectivity index (χ1n) is 4.44. The second kappa shape index (κ2) is 4.24. The number of nitrogens with zero attached hydrogens (tertiary/aromatic N) is 1. The Kier molecular flexibility index (Phi) is 2.78. The molecule has 5 nitrogen and oxygen atoms in total. The maximum Gasteiger partial charge on any atom is 0.349 e. The second-order valence-electron chi connectivity index (χ2n) is 3.05. The second-order valence-corrected chi connectivity index (χ2v) is 3.45. The van der Waals surface area contributed by atoms with Gasteiger partial charge in [-0.1, -0.05) is 17.7 Å². The zero-order valence-corrected chi connectivity index (χ0v) is 8.86. The highest BCUT2D eigenvalue weighted by atomic mass is 35.5. The Balaban J connectivity index is 2.30. The van der Waals surface area contributed by atoms with Gasteiger partial charge in [0, 0.05) is 17.8 Å². The summed E-state index contributed by atoms with van der Waals surface area (Å²) in [6, 6.07) is 8.20. The van der Waals surface area contributed by atoms with Gasteiger partial charge in [-0.05, 0) is 12.1 Å². The van der Waals surface area contributed by atoms with Crippen LogP contribution < -0.4 is 16.2 Å². The van der Waals surface area contributed by atoms with E-state index in [-0.39, 0.29) is 11.0 Å². The van der Waals surface area contributed by atoms with Crippen molar-refractivity contribution in [3.05, 3.63) is 46.0 Å². The molecule has 0 radical (unpaired) electrons. The maximum atomic E-state index is 11.0. The number of ether oxygens (including phenoxy) is 1. The average Bonchev–Trinajstić information content (AvgIpc) is 2.15. The van der Waals surface area contributed by atoms with Gasteiger partial charge in [-0.2, -0.15) is 4.98 Å². The highest BCUT2D eigenvalue weighted by Crippen LogP contribution is 2.21. The van der Waals surface area contributed by atoms with Gasteiger partial charge in [-0.15, -0.1) is 0 Å². The topological polar surface area (TPSA) is 81.0 Å². The zero-order valence-electron chi connectivity index (χ0n) is 8.11. The molecule has 0 amide bonds. The predicted molar refractivity (Wildman–Crippen MR) is 60.8 cm³/mol. The van der Waals surface area contributed by atoms with Crippen LogP contribution in [-0.4, -0.2) is 9.97 Å². The van der Waals surface area contributed by atoms with Crippen molar-refractivity contribution >= 4 is 17.3 Å². The summed E-state index contributed by atoms with van der Waals surface area (Å²) in [5.74, 6) is 0.619. The maximum absolute atomic E-state index is 11.0. The Hall–Kier alpha value is -2.01. The summed E-state index contributed by atoms with van der Waals surface area (Å²) < 4.78 is 5.33. The Morgan fingerprint density at radius 1 is 1.38 bits per heavy atom. The van der Waals surface area contributed by atoms with E-state index in [1.807, 2.05) is 0 Å². The number of halogens is 1. The van der Waals surface area contributed by atoms with E-state index < -0.39 is 5.69 Å². The first kappa shape index (κ1) is 10.5. The van der Waals surface area contributed by atoms with Gasteiger partial charge in [-0.3, -0.25) is 4.98 Å². The predicted octanol–water partition coefficient (Wildman–Crippen LogP) is 1.80. The average molecular weight is 238 g/mol. The van der Waals surface area contributed by atoms with Crippen LogP contribution >= 0.6 is 11.6 Å². The van der Waals surface area contributed by atoms with E-state index in [1.54, 1.807) is 24.3 Å². The molecule has 16 heavy (non-hydrogen) atoms. The van der Waals surface area contributed by atoms with Crippen molar-refractivity contribution in [3.8, 4) is 11.6 Å². The van der Waals surface area contributed by atoms with Crippen LogP contribution in [-0.2, 0) is 0 Å². The molecule has 2 rings (SSSR count). The number of hydrogen-bond donors (Lipinski definition) is 2. The van der Waals surface area contributed by atoms with Gasteiger partial charge in [0.15, 0.2) is 0 Å². The first-order valence-corrected chi connectivity index (χ1v) is 4.81. The molecule has 0 aliphatic rings. The monoisotopic (exact) mass is 237 g/mol. The van der Waals surface area contributed by atoms with E-state index in [0.717, 1.165) is 0 Å². The van der Waals surface area contributed by atoms with Gasteiger partial charge in [-0.25, -0.2) is 4.79 Å². The highest BCUT2D eigenvalue weighted by molar-refractivity contribution is 6.29. The normalized spacial score (nSPS) is 10.1. The molecule has 0 saturated heterocycles. The fraction of sp³-hybridized carbons (Fsp3) is 0. The van der Waals surface area contributed by atoms with Crippen LogP contribution in [0.2, 0.25) is 5.15 Å². The van der Waals surface area contributed by atoms with E-state index in [2.05, 4.69) is 9.97 Å². The van der Waals surface area contributed by atoms with Gasteiger partial charge in [0.1, 0.15) is 10.9 Å². The lowest BCUT2D eigenvalue weighted by molar-refractivity contribution is 0.459. The minimum Gasteiger partial charge on any atom is -0.439 e. The Morgan fingerprint density at radius 3 is 2.88 bits per heavy atom. The lowest BCUT2D eigenvalue weighted by atomic mass is 10.3. The van der Waals surface area contributed by atoms with Crippen LogP contribution in [0.1, 0.15) is 0 Å². The summed E-state index contributed by atoms with van der Waals surface area (Å²) in [5, 5.41) is 0.166. The molecule has 0 fully saturated rings. The Bertz CT molecular complexity index is 568. The molecule has 0 aliphatic carbocycles. The zero-order chi connectivity index (χ0) is 11.5. The third-order valence-electron chi connectivity index (χ3n) is 1.77. The molecule has 0 aliphatic heterocycles. The van der Waals surface area contributed by atoms with E-state index >= 15 is 0 Å². The van der Waals surface area contributed by atoms with E-state index in [4.69, 9.17) is 22.1 Å². The first-order chi connectivity index (χ1) is 7.63. The minimum absolute atomic E-state index is 0.124. The molecular formula is C10H8ClN3O2. The number of benzene rings is 1. The molecule has 0 bridgehead atoms. The summed E-state index contributed by atoms with van der Waals surface area (Å²) in [6.45, 7) is 0. The summed E-state index contributed by atoms with van der Waals surface area (Å²) in [4.78, 5) is 16.9. The quantitative estimate of drug-likeness (QED) is 0.616. The lowest BCUT2D eigenvalue weighted by Crippen LogP contribution is -2.10.